The number of piperidine rings is 1. The van der Waals surface area contributed by atoms with Crippen LogP contribution in [0, 0.1) is 11.7 Å². The predicted octanol–water partition coefficient (Wildman–Crippen LogP) is 3.60. The summed E-state index contributed by atoms with van der Waals surface area (Å²) in [5.41, 5.74) is 6.82. The topological polar surface area (TPSA) is 29.3 Å². The second-order valence-electron chi connectivity index (χ2n) is 5.31. The van der Waals surface area contributed by atoms with E-state index in [1.165, 1.54) is 25.3 Å². The van der Waals surface area contributed by atoms with E-state index >= 15 is 0 Å². The Morgan fingerprint density at radius 1 is 1.42 bits per heavy atom. The van der Waals surface area contributed by atoms with Gasteiger partial charge in [-0.15, -0.1) is 0 Å². The van der Waals surface area contributed by atoms with Crippen LogP contribution < -0.4 is 5.73 Å². The van der Waals surface area contributed by atoms with Gasteiger partial charge in [-0.25, -0.2) is 4.39 Å². The van der Waals surface area contributed by atoms with E-state index in [1.807, 2.05) is 6.07 Å². The van der Waals surface area contributed by atoms with E-state index in [0.717, 1.165) is 24.6 Å². The molecule has 2 nitrogen and oxygen atoms in total. The van der Waals surface area contributed by atoms with E-state index in [9.17, 15) is 4.39 Å². The molecular weight excluding hydrogens is 263 g/mol. The second-order valence-corrected chi connectivity index (χ2v) is 5.72. The zero-order valence-corrected chi connectivity index (χ0v) is 12.2. The molecule has 1 aliphatic rings. The number of nitrogens with zero attached hydrogens (tertiary/aromatic N) is 1. The molecule has 0 amide bonds. The number of halogens is 2. The largest absolute Gasteiger partial charge is 0.329 e. The van der Waals surface area contributed by atoms with Crippen LogP contribution in [-0.2, 0) is 0 Å². The van der Waals surface area contributed by atoms with Crippen molar-refractivity contribution in [2.75, 3.05) is 19.6 Å². The zero-order valence-electron chi connectivity index (χ0n) is 11.4. The third-order valence-electron chi connectivity index (χ3n) is 4.22. The fourth-order valence-corrected chi connectivity index (χ4v) is 3.01. The summed E-state index contributed by atoms with van der Waals surface area (Å²) in [6.45, 7) is 4.85. The molecule has 1 unspecified atom stereocenters. The highest BCUT2D eigenvalue weighted by atomic mass is 35.5. The van der Waals surface area contributed by atoms with Crippen molar-refractivity contribution in [1.29, 1.82) is 0 Å². The van der Waals surface area contributed by atoms with E-state index in [4.69, 9.17) is 17.3 Å². The molecule has 1 fully saturated rings. The normalized spacial score (nSPS) is 19.6. The molecule has 0 aromatic heterocycles. The van der Waals surface area contributed by atoms with Crippen LogP contribution in [-0.4, -0.2) is 24.5 Å². The molecule has 1 atom stereocenters. The van der Waals surface area contributed by atoms with Crippen LogP contribution in [0.2, 0.25) is 5.02 Å². The zero-order chi connectivity index (χ0) is 13.8. The van der Waals surface area contributed by atoms with Gasteiger partial charge >= 0.3 is 0 Å². The minimum atomic E-state index is -0.360. The Bertz CT molecular complexity index is 417. The smallest absolute Gasteiger partial charge is 0.142 e. The lowest BCUT2D eigenvalue weighted by Crippen LogP contribution is -2.39. The highest BCUT2D eigenvalue weighted by Crippen LogP contribution is 2.29. The van der Waals surface area contributed by atoms with E-state index in [-0.39, 0.29) is 16.9 Å². The Morgan fingerprint density at radius 3 is 2.63 bits per heavy atom. The Kier molecular flexibility index (Phi) is 5.20. The first-order valence-corrected chi connectivity index (χ1v) is 7.42. The minimum absolute atomic E-state index is 0.101. The van der Waals surface area contributed by atoms with Crippen LogP contribution in [0.4, 0.5) is 4.39 Å². The number of nitrogens with two attached hydrogens (primary N) is 1. The molecule has 106 valence electrons. The van der Waals surface area contributed by atoms with Crippen LogP contribution in [0.5, 0.6) is 0 Å². The molecule has 1 aliphatic heterocycles. The molecule has 0 radical (unpaired) electrons. The van der Waals surface area contributed by atoms with Gasteiger partial charge in [-0.1, -0.05) is 31.0 Å². The SMILES string of the molecule is CCC1CCN(C(CN)c2ccc(Cl)c(F)c2)CC1. The van der Waals surface area contributed by atoms with Crippen molar-refractivity contribution >= 4 is 11.6 Å². The summed E-state index contributed by atoms with van der Waals surface area (Å²) in [6, 6.07) is 5.12. The summed E-state index contributed by atoms with van der Waals surface area (Å²) < 4.78 is 13.6. The molecule has 0 aliphatic carbocycles. The minimum Gasteiger partial charge on any atom is -0.329 e. The lowest BCUT2D eigenvalue weighted by Gasteiger charge is -2.37. The maximum atomic E-state index is 13.6. The molecule has 0 bridgehead atoms. The Labute approximate surface area is 119 Å². The molecule has 0 spiro atoms. The first-order valence-electron chi connectivity index (χ1n) is 7.04. The Hall–Kier alpha value is -0.640. The molecule has 0 saturated carbocycles. The highest BCUT2D eigenvalue weighted by Gasteiger charge is 2.25. The monoisotopic (exact) mass is 284 g/mol. The van der Waals surface area contributed by atoms with Gasteiger partial charge in [0, 0.05) is 12.6 Å². The Morgan fingerprint density at radius 2 is 2.11 bits per heavy atom. The van der Waals surface area contributed by atoms with Crippen molar-refractivity contribution in [3.63, 3.8) is 0 Å². The van der Waals surface area contributed by atoms with Crippen LogP contribution in [0.15, 0.2) is 18.2 Å². The highest BCUT2D eigenvalue weighted by molar-refractivity contribution is 6.30. The summed E-state index contributed by atoms with van der Waals surface area (Å²) in [4.78, 5) is 2.37. The first-order chi connectivity index (χ1) is 9.15. The van der Waals surface area contributed by atoms with Gasteiger partial charge in [0.25, 0.3) is 0 Å². The third-order valence-corrected chi connectivity index (χ3v) is 4.53. The molecule has 1 aromatic carbocycles. The molecule has 19 heavy (non-hydrogen) atoms. The fraction of sp³-hybridized carbons (Fsp3) is 0.600. The second kappa shape index (κ2) is 6.69. The molecule has 4 heteroatoms. The number of hydrogen-bond acceptors (Lipinski definition) is 2. The van der Waals surface area contributed by atoms with Crippen LogP contribution in [0.3, 0.4) is 0 Å². The van der Waals surface area contributed by atoms with Crippen molar-refractivity contribution in [2.24, 2.45) is 11.7 Å². The van der Waals surface area contributed by atoms with E-state index in [0.29, 0.717) is 6.54 Å². The number of rotatable bonds is 4. The lowest BCUT2D eigenvalue weighted by molar-refractivity contribution is 0.134. The first kappa shape index (κ1) is 14.8. The average molecular weight is 285 g/mol. The quantitative estimate of drug-likeness (QED) is 0.915. The van der Waals surface area contributed by atoms with Crippen molar-refractivity contribution < 1.29 is 4.39 Å². The number of hydrogen-bond donors (Lipinski definition) is 1. The molecule has 1 aromatic rings. The van der Waals surface area contributed by atoms with Gasteiger partial charge in [0.05, 0.1) is 5.02 Å². The molecule has 2 rings (SSSR count). The van der Waals surface area contributed by atoms with Gasteiger partial charge in [-0.05, 0) is 49.5 Å². The van der Waals surface area contributed by atoms with Gasteiger partial charge < -0.3 is 5.73 Å². The van der Waals surface area contributed by atoms with Crippen LogP contribution in [0.25, 0.3) is 0 Å². The molecular formula is C15H22ClFN2. The van der Waals surface area contributed by atoms with Gasteiger partial charge in [0.2, 0.25) is 0 Å². The number of likely N-dealkylation sites (tertiary alicyclic amines) is 1. The molecule has 2 N–H and O–H groups in total. The number of benzene rings is 1. The summed E-state index contributed by atoms with van der Waals surface area (Å²) in [6.07, 6.45) is 3.67. The summed E-state index contributed by atoms with van der Waals surface area (Å²) >= 11 is 5.73. The third kappa shape index (κ3) is 3.47. The maximum absolute atomic E-state index is 13.6. The standard InChI is InChI=1S/C15H22ClFN2/c1-2-11-5-7-19(8-6-11)15(10-18)12-3-4-13(16)14(17)9-12/h3-4,9,11,15H,2,5-8,10,18H2,1H3. The lowest BCUT2D eigenvalue weighted by atomic mass is 9.92. The van der Waals surface area contributed by atoms with Crippen LogP contribution >= 0.6 is 11.6 Å². The fourth-order valence-electron chi connectivity index (χ4n) is 2.89. The molecule has 1 heterocycles. The molecule has 1 saturated heterocycles. The van der Waals surface area contributed by atoms with Gasteiger partial charge in [0.1, 0.15) is 5.82 Å². The van der Waals surface area contributed by atoms with Gasteiger partial charge in [-0.2, -0.15) is 0 Å². The van der Waals surface area contributed by atoms with Crippen LogP contribution in [0.1, 0.15) is 37.8 Å². The van der Waals surface area contributed by atoms with Crippen molar-refractivity contribution in [3.8, 4) is 0 Å². The average Bonchev–Trinajstić information content (AvgIpc) is 2.44. The van der Waals surface area contributed by atoms with Crippen molar-refractivity contribution in [3.05, 3.63) is 34.6 Å². The van der Waals surface area contributed by atoms with E-state index < -0.39 is 0 Å². The van der Waals surface area contributed by atoms with Gasteiger partial charge in [0.15, 0.2) is 0 Å². The van der Waals surface area contributed by atoms with Crippen molar-refractivity contribution in [2.45, 2.75) is 32.2 Å². The summed E-state index contributed by atoms with van der Waals surface area (Å²) in [5, 5.41) is 0.171. The predicted molar refractivity (Wildman–Crippen MR) is 77.8 cm³/mol. The Balaban J connectivity index is 2.09. The van der Waals surface area contributed by atoms with Gasteiger partial charge in [-0.3, -0.25) is 4.90 Å². The summed E-state index contributed by atoms with van der Waals surface area (Å²) in [5.74, 6) is 0.470. The van der Waals surface area contributed by atoms with E-state index in [1.54, 1.807) is 6.07 Å². The van der Waals surface area contributed by atoms with E-state index in [2.05, 4.69) is 11.8 Å². The summed E-state index contributed by atoms with van der Waals surface area (Å²) in [7, 11) is 0. The maximum Gasteiger partial charge on any atom is 0.142 e. The van der Waals surface area contributed by atoms with Crippen molar-refractivity contribution in [1.82, 2.24) is 4.90 Å².